The summed E-state index contributed by atoms with van der Waals surface area (Å²) in [6.45, 7) is 5.07. The quantitative estimate of drug-likeness (QED) is 0.756. The van der Waals surface area contributed by atoms with Crippen LogP contribution in [0.2, 0.25) is 0 Å². The molecule has 25 heavy (non-hydrogen) atoms. The Morgan fingerprint density at radius 2 is 1.88 bits per heavy atom. The summed E-state index contributed by atoms with van der Waals surface area (Å²) in [4.78, 5) is 10.9. The molecular weight excluding hydrogens is 310 g/mol. The van der Waals surface area contributed by atoms with Crippen LogP contribution in [-0.4, -0.2) is 16.5 Å². The first-order valence-electron chi connectivity index (χ1n) is 8.43. The number of anilines is 5. The molecular formula is C20H21N5. The number of hydrogen-bond donors (Lipinski definition) is 2. The van der Waals surface area contributed by atoms with Crippen LogP contribution in [0.3, 0.4) is 0 Å². The summed E-state index contributed by atoms with van der Waals surface area (Å²) in [6, 6.07) is 14.6. The van der Waals surface area contributed by atoms with Gasteiger partial charge in [-0.05, 0) is 55.2 Å². The minimum atomic E-state index is 0.567. The average molecular weight is 331 g/mol. The Balaban J connectivity index is 1.68. The van der Waals surface area contributed by atoms with Crippen molar-refractivity contribution in [2.24, 2.45) is 0 Å². The van der Waals surface area contributed by atoms with Crippen LogP contribution in [0.5, 0.6) is 0 Å². The predicted octanol–water partition coefficient (Wildman–Crippen LogP) is 4.11. The van der Waals surface area contributed by atoms with E-state index in [0.717, 1.165) is 24.5 Å². The number of rotatable bonds is 3. The number of nitrogen functional groups attached to an aromatic ring is 1. The van der Waals surface area contributed by atoms with Gasteiger partial charge in [-0.25, -0.2) is 9.97 Å². The molecule has 0 spiro atoms. The van der Waals surface area contributed by atoms with Gasteiger partial charge in [0.1, 0.15) is 12.0 Å². The molecule has 0 radical (unpaired) electrons. The Bertz CT molecular complexity index is 935. The highest BCUT2D eigenvalue weighted by Gasteiger charge is 2.23. The van der Waals surface area contributed by atoms with Crippen LogP contribution in [-0.2, 0) is 6.42 Å². The smallest absolute Gasteiger partial charge is 0.161 e. The van der Waals surface area contributed by atoms with Gasteiger partial charge < -0.3 is 16.0 Å². The first-order chi connectivity index (χ1) is 12.1. The topological polar surface area (TPSA) is 67.1 Å². The summed E-state index contributed by atoms with van der Waals surface area (Å²) in [6.07, 6.45) is 2.57. The predicted molar refractivity (Wildman–Crippen MR) is 103 cm³/mol. The number of benzene rings is 2. The molecule has 1 aliphatic rings. The summed E-state index contributed by atoms with van der Waals surface area (Å²) in [7, 11) is 0. The summed E-state index contributed by atoms with van der Waals surface area (Å²) in [5.41, 5.74) is 12.9. The fraction of sp³-hybridized carbons (Fsp3) is 0.200. The minimum Gasteiger partial charge on any atom is -0.393 e. The van der Waals surface area contributed by atoms with Gasteiger partial charge >= 0.3 is 0 Å². The second-order valence-corrected chi connectivity index (χ2v) is 6.41. The third-order valence-electron chi connectivity index (χ3n) is 4.78. The summed E-state index contributed by atoms with van der Waals surface area (Å²) in [5, 5.41) is 3.33. The van der Waals surface area contributed by atoms with Gasteiger partial charge in [-0.15, -0.1) is 0 Å². The highest BCUT2D eigenvalue weighted by Crippen LogP contribution is 2.38. The maximum Gasteiger partial charge on any atom is 0.161 e. The van der Waals surface area contributed by atoms with Crippen LogP contribution in [0.15, 0.2) is 48.8 Å². The van der Waals surface area contributed by atoms with Gasteiger partial charge in [0.2, 0.25) is 0 Å². The van der Waals surface area contributed by atoms with Crippen molar-refractivity contribution in [1.29, 1.82) is 0 Å². The Kier molecular flexibility index (Phi) is 3.76. The molecule has 1 aliphatic heterocycles. The summed E-state index contributed by atoms with van der Waals surface area (Å²) < 4.78 is 0. The zero-order valence-corrected chi connectivity index (χ0v) is 14.5. The van der Waals surface area contributed by atoms with E-state index in [1.165, 1.54) is 22.4 Å². The summed E-state index contributed by atoms with van der Waals surface area (Å²) in [5.74, 6) is 1.39. The molecule has 1 aromatic heterocycles. The van der Waals surface area contributed by atoms with Crippen molar-refractivity contribution in [2.75, 3.05) is 22.5 Å². The first-order valence-corrected chi connectivity index (χ1v) is 8.43. The van der Waals surface area contributed by atoms with Crippen molar-refractivity contribution >= 4 is 28.7 Å². The molecule has 5 heteroatoms. The first kappa shape index (κ1) is 15.4. The standard InChI is InChI=1S/C20H21N5/c1-13-7-8-16(11-14(13)2)24-19-18(21)20(23-12-22-19)25-10-9-15-5-3-4-6-17(15)25/h3-8,11-12H,9-10,21H2,1-2H3,(H,22,23,24). The van der Waals surface area contributed by atoms with Gasteiger partial charge in [0.15, 0.2) is 11.6 Å². The lowest BCUT2D eigenvalue weighted by Gasteiger charge is -2.21. The number of nitrogens with zero attached hydrogens (tertiary/aromatic N) is 3. The molecule has 0 saturated carbocycles. The second kappa shape index (κ2) is 6.09. The van der Waals surface area contributed by atoms with Crippen LogP contribution >= 0.6 is 0 Å². The largest absolute Gasteiger partial charge is 0.393 e. The molecule has 126 valence electrons. The van der Waals surface area contributed by atoms with Crippen molar-refractivity contribution in [1.82, 2.24) is 9.97 Å². The molecule has 2 aromatic carbocycles. The lowest BCUT2D eigenvalue weighted by molar-refractivity contribution is 0.967. The van der Waals surface area contributed by atoms with Gasteiger partial charge in [-0.1, -0.05) is 24.3 Å². The highest BCUT2D eigenvalue weighted by atomic mass is 15.2. The Morgan fingerprint density at radius 1 is 1.04 bits per heavy atom. The van der Waals surface area contributed by atoms with Gasteiger partial charge in [0.05, 0.1) is 0 Å². The molecule has 0 aliphatic carbocycles. The van der Waals surface area contributed by atoms with Gasteiger partial charge in [-0.3, -0.25) is 0 Å². The maximum absolute atomic E-state index is 6.41. The van der Waals surface area contributed by atoms with Gasteiger partial charge in [-0.2, -0.15) is 0 Å². The average Bonchev–Trinajstić information content (AvgIpc) is 3.04. The molecule has 2 heterocycles. The Hall–Kier alpha value is -3.08. The lowest BCUT2D eigenvalue weighted by atomic mass is 10.1. The van der Waals surface area contributed by atoms with E-state index >= 15 is 0 Å². The van der Waals surface area contributed by atoms with Gasteiger partial charge in [0.25, 0.3) is 0 Å². The van der Waals surface area contributed by atoms with E-state index in [-0.39, 0.29) is 0 Å². The summed E-state index contributed by atoms with van der Waals surface area (Å²) >= 11 is 0. The van der Waals surface area contributed by atoms with Crippen molar-refractivity contribution in [3.8, 4) is 0 Å². The molecule has 0 atom stereocenters. The minimum absolute atomic E-state index is 0.567. The number of nitrogens with one attached hydrogen (secondary N) is 1. The zero-order chi connectivity index (χ0) is 17.4. The van der Waals surface area contributed by atoms with E-state index in [0.29, 0.717) is 11.5 Å². The molecule has 0 unspecified atom stereocenters. The van der Waals surface area contributed by atoms with E-state index in [2.05, 4.69) is 64.4 Å². The van der Waals surface area contributed by atoms with E-state index < -0.39 is 0 Å². The fourth-order valence-electron chi connectivity index (χ4n) is 3.22. The van der Waals surface area contributed by atoms with Crippen LogP contribution in [0, 0.1) is 13.8 Å². The lowest BCUT2D eigenvalue weighted by Crippen LogP contribution is -2.17. The normalized spacial score (nSPS) is 13.0. The molecule has 0 bridgehead atoms. The molecule has 4 rings (SSSR count). The fourth-order valence-corrected chi connectivity index (χ4v) is 3.22. The van der Waals surface area contributed by atoms with Crippen molar-refractivity contribution in [3.63, 3.8) is 0 Å². The van der Waals surface area contributed by atoms with Crippen molar-refractivity contribution in [3.05, 3.63) is 65.5 Å². The van der Waals surface area contributed by atoms with E-state index in [1.807, 2.05) is 12.1 Å². The molecule has 3 N–H and O–H groups in total. The maximum atomic E-state index is 6.41. The molecule has 5 nitrogen and oxygen atoms in total. The molecule has 0 amide bonds. The number of hydrogen-bond acceptors (Lipinski definition) is 5. The van der Waals surface area contributed by atoms with Crippen LogP contribution in [0.1, 0.15) is 16.7 Å². The zero-order valence-electron chi connectivity index (χ0n) is 14.5. The number of aromatic nitrogens is 2. The number of aryl methyl sites for hydroxylation is 2. The van der Waals surface area contributed by atoms with E-state index in [1.54, 1.807) is 6.33 Å². The Labute approximate surface area is 147 Å². The molecule has 3 aromatic rings. The van der Waals surface area contributed by atoms with Crippen molar-refractivity contribution in [2.45, 2.75) is 20.3 Å². The number of fused-ring (bicyclic) bond motifs is 1. The SMILES string of the molecule is Cc1ccc(Nc2ncnc(N3CCc4ccccc43)c2N)cc1C. The molecule has 0 saturated heterocycles. The monoisotopic (exact) mass is 331 g/mol. The van der Waals surface area contributed by atoms with E-state index in [9.17, 15) is 0 Å². The van der Waals surface area contributed by atoms with Crippen LogP contribution in [0.4, 0.5) is 28.7 Å². The number of nitrogens with two attached hydrogens (primary N) is 1. The number of para-hydroxylation sites is 1. The second-order valence-electron chi connectivity index (χ2n) is 6.41. The van der Waals surface area contributed by atoms with Crippen LogP contribution < -0.4 is 16.0 Å². The third kappa shape index (κ3) is 2.78. The highest BCUT2D eigenvalue weighted by molar-refractivity contribution is 5.83. The van der Waals surface area contributed by atoms with Gasteiger partial charge in [0, 0.05) is 17.9 Å². The Morgan fingerprint density at radius 3 is 2.72 bits per heavy atom. The van der Waals surface area contributed by atoms with E-state index in [4.69, 9.17) is 5.73 Å². The van der Waals surface area contributed by atoms with Crippen LogP contribution in [0.25, 0.3) is 0 Å². The molecule has 0 fully saturated rings. The third-order valence-corrected chi connectivity index (χ3v) is 4.78. The van der Waals surface area contributed by atoms with Crippen molar-refractivity contribution < 1.29 is 0 Å².